The van der Waals surface area contributed by atoms with E-state index in [1.807, 2.05) is 6.92 Å². The van der Waals surface area contributed by atoms with Crippen LogP contribution in [-0.2, 0) is 21.2 Å². The van der Waals surface area contributed by atoms with Crippen LogP contribution in [0.1, 0.15) is 43.0 Å². The summed E-state index contributed by atoms with van der Waals surface area (Å²) in [7, 11) is -3.85. The Kier molecular flexibility index (Phi) is 7.66. The smallest absolute Gasteiger partial charge is 0.244 e. The molecule has 0 radical (unpaired) electrons. The van der Waals surface area contributed by atoms with Crippen LogP contribution < -0.4 is 10.0 Å². The molecule has 0 saturated heterocycles. The maximum Gasteiger partial charge on any atom is 0.244 e. The van der Waals surface area contributed by atoms with Gasteiger partial charge < -0.3 is 5.32 Å². The van der Waals surface area contributed by atoms with Crippen LogP contribution in [0.3, 0.4) is 0 Å². The number of halogens is 3. The van der Waals surface area contributed by atoms with Gasteiger partial charge in [-0.2, -0.15) is 0 Å². The van der Waals surface area contributed by atoms with Crippen LogP contribution in [0.25, 0.3) is 6.08 Å². The van der Waals surface area contributed by atoms with Crippen LogP contribution in [0.5, 0.6) is 0 Å². The molecule has 9 heteroatoms. The summed E-state index contributed by atoms with van der Waals surface area (Å²) >= 11 is 0. The molecule has 0 aliphatic heterocycles. The average molecular weight is 440 g/mol. The predicted molar refractivity (Wildman–Crippen MR) is 111 cm³/mol. The van der Waals surface area contributed by atoms with Gasteiger partial charge in [0.05, 0.1) is 12.3 Å². The molecule has 1 amide bonds. The van der Waals surface area contributed by atoms with E-state index in [1.165, 1.54) is 25.1 Å². The second kappa shape index (κ2) is 9.80. The van der Waals surface area contributed by atoms with E-state index >= 15 is 0 Å². The van der Waals surface area contributed by atoms with Crippen LogP contribution in [-0.4, -0.2) is 20.6 Å². The number of carbonyl (C=O) groups excluding carboxylic acids is 1. The zero-order valence-electron chi connectivity index (χ0n) is 16.8. The summed E-state index contributed by atoms with van der Waals surface area (Å²) in [5.74, 6) is -3.05. The third kappa shape index (κ3) is 6.62. The number of benzene rings is 2. The molecule has 0 spiro atoms. The fraction of sp³-hybridized carbons (Fsp3) is 0.286. The van der Waals surface area contributed by atoms with Crippen LogP contribution in [0.2, 0.25) is 0 Å². The van der Waals surface area contributed by atoms with Crippen LogP contribution >= 0.6 is 0 Å². The standard InChI is InChI=1S/C21H23F3N2O3S/c1-4-5-15-10-17(22)8-6-14(15)7-9-20(27)25-13(2)16-11-18(23)21(19(24)12-16)26-30(3,28)29/h6-13,26H,4-5H2,1-3H3,(H,25,27). The summed E-state index contributed by atoms with van der Waals surface area (Å²) in [5, 5.41) is 2.58. The Hall–Kier alpha value is -2.81. The molecular formula is C21H23F3N2O3S. The van der Waals surface area contributed by atoms with Gasteiger partial charge in [0.2, 0.25) is 15.9 Å². The molecular weight excluding hydrogens is 417 g/mol. The van der Waals surface area contributed by atoms with Gasteiger partial charge in [-0.05, 0) is 60.4 Å². The van der Waals surface area contributed by atoms with Gasteiger partial charge >= 0.3 is 0 Å². The molecule has 2 rings (SSSR count). The van der Waals surface area contributed by atoms with E-state index in [4.69, 9.17) is 0 Å². The van der Waals surface area contributed by atoms with Crippen molar-refractivity contribution in [2.45, 2.75) is 32.7 Å². The first-order valence-electron chi connectivity index (χ1n) is 9.24. The number of rotatable bonds is 8. The maximum atomic E-state index is 14.1. The second-order valence-electron chi connectivity index (χ2n) is 6.89. The normalized spacial score (nSPS) is 12.7. The molecule has 0 bridgehead atoms. The number of amides is 1. The summed E-state index contributed by atoms with van der Waals surface area (Å²) in [4.78, 5) is 12.2. The van der Waals surface area contributed by atoms with Gasteiger partial charge in [-0.15, -0.1) is 0 Å². The van der Waals surface area contributed by atoms with Crippen molar-refractivity contribution in [1.29, 1.82) is 0 Å². The van der Waals surface area contributed by atoms with E-state index in [0.717, 1.165) is 30.4 Å². The van der Waals surface area contributed by atoms with Crippen molar-refractivity contribution in [3.63, 3.8) is 0 Å². The van der Waals surface area contributed by atoms with Crippen molar-refractivity contribution in [1.82, 2.24) is 5.32 Å². The molecule has 1 unspecified atom stereocenters. The third-order valence-corrected chi connectivity index (χ3v) is 4.82. The van der Waals surface area contributed by atoms with Gasteiger partial charge in [-0.3, -0.25) is 9.52 Å². The van der Waals surface area contributed by atoms with E-state index in [2.05, 4.69) is 5.32 Å². The number of sulfonamides is 1. The Bertz CT molecular complexity index is 1050. The highest BCUT2D eigenvalue weighted by molar-refractivity contribution is 7.92. The van der Waals surface area contributed by atoms with E-state index in [0.29, 0.717) is 12.0 Å². The van der Waals surface area contributed by atoms with Crippen molar-refractivity contribution in [2.24, 2.45) is 0 Å². The van der Waals surface area contributed by atoms with Gasteiger partial charge in [-0.1, -0.05) is 19.4 Å². The molecule has 0 saturated carbocycles. The lowest BCUT2D eigenvalue weighted by Gasteiger charge is -2.15. The highest BCUT2D eigenvalue weighted by Gasteiger charge is 2.18. The van der Waals surface area contributed by atoms with Crippen molar-refractivity contribution >= 4 is 27.7 Å². The van der Waals surface area contributed by atoms with Gasteiger partial charge in [-0.25, -0.2) is 21.6 Å². The number of anilines is 1. The lowest BCUT2D eigenvalue weighted by atomic mass is 10.0. The van der Waals surface area contributed by atoms with Crippen LogP contribution in [0.15, 0.2) is 36.4 Å². The highest BCUT2D eigenvalue weighted by Crippen LogP contribution is 2.25. The SMILES string of the molecule is CCCc1cc(F)ccc1C=CC(=O)NC(C)c1cc(F)c(NS(C)(=O)=O)c(F)c1. The quantitative estimate of drug-likeness (QED) is 0.601. The first kappa shape index (κ1) is 23.5. The first-order chi connectivity index (χ1) is 14.0. The summed E-state index contributed by atoms with van der Waals surface area (Å²) < 4.78 is 65.9. The summed E-state index contributed by atoms with van der Waals surface area (Å²) in [6.07, 6.45) is 5.06. The zero-order chi connectivity index (χ0) is 22.5. The molecule has 30 heavy (non-hydrogen) atoms. The number of hydrogen-bond donors (Lipinski definition) is 2. The fourth-order valence-corrected chi connectivity index (χ4v) is 3.42. The number of aryl methyl sites for hydroxylation is 1. The lowest BCUT2D eigenvalue weighted by molar-refractivity contribution is -0.117. The van der Waals surface area contributed by atoms with E-state index in [-0.39, 0.29) is 11.4 Å². The lowest BCUT2D eigenvalue weighted by Crippen LogP contribution is -2.25. The minimum Gasteiger partial charge on any atom is -0.346 e. The molecule has 0 heterocycles. The second-order valence-corrected chi connectivity index (χ2v) is 8.64. The van der Waals surface area contributed by atoms with E-state index in [1.54, 1.807) is 16.9 Å². The van der Waals surface area contributed by atoms with E-state index < -0.39 is 39.3 Å². The first-order valence-corrected chi connectivity index (χ1v) is 11.1. The van der Waals surface area contributed by atoms with Gasteiger partial charge in [0.15, 0.2) is 11.6 Å². The molecule has 2 N–H and O–H groups in total. The van der Waals surface area contributed by atoms with Crippen molar-refractivity contribution in [3.05, 3.63) is 70.5 Å². The summed E-state index contributed by atoms with van der Waals surface area (Å²) in [5.41, 5.74) is 0.820. The van der Waals surface area contributed by atoms with Crippen LogP contribution in [0, 0.1) is 17.5 Å². The van der Waals surface area contributed by atoms with Gasteiger partial charge in [0.25, 0.3) is 0 Å². The van der Waals surface area contributed by atoms with Gasteiger partial charge in [0, 0.05) is 6.08 Å². The predicted octanol–water partition coefficient (Wildman–Crippen LogP) is 4.32. The number of carbonyl (C=O) groups is 1. The Morgan fingerprint density at radius 1 is 1.13 bits per heavy atom. The maximum absolute atomic E-state index is 14.1. The topological polar surface area (TPSA) is 75.3 Å². The van der Waals surface area contributed by atoms with Crippen molar-refractivity contribution < 1.29 is 26.4 Å². The Balaban J connectivity index is 2.14. The molecule has 2 aromatic rings. The van der Waals surface area contributed by atoms with Gasteiger partial charge in [0.1, 0.15) is 11.5 Å². The minimum absolute atomic E-state index is 0.124. The third-order valence-electron chi connectivity index (χ3n) is 4.25. The fourth-order valence-electron chi connectivity index (χ4n) is 2.86. The molecule has 0 fully saturated rings. The summed E-state index contributed by atoms with van der Waals surface area (Å²) in [6.45, 7) is 3.49. The molecule has 5 nitrogen and oxygen atoms in total. The monoisotopic (exact) mass is 440 g/mol. The largest absolute Gasteiger partial charge is 0.346 e. The molecule has 0 aliphatic carbocycles. The minimum atomic E-state index is -3.85. The molecule has 1 atom stereocenters. The van der Waals surface area contributed by atoms with Crippen LogP contribution in [0.4, 0.5) is 18.9 Å². The zero-order valence-corrected chi connectivity index (χ0v) is 17.6. The van der Waals surface area contributed by atoms with E-state index in [9.17, 15) is 26.4 Å². The summed E-state index contributed by atoms with van der Waals surface area (Å²) in [6, 6.07) is 5.45. The Morgan fingerprint density at radius 3 is 2.33 bits per heavy atom. The highest BCUT2D eigenvalue weighted by atomic mass is 32.2. The number of hydrogen-bond acceptors (Lipinski definition) is 3. The van der Waals surface area contributed by atoms with Crippen molar-refractivity contribution in [2.75, 3.05) is 11.0 Å². The Morgan fingerprint density at radius 2 is 1.77 bits per heavy atom. The molecule has 0 aromatic heterocycles. The molecule has 0 aliphatic rings. The number of nitrogens with one attached hydrogen (secondary N) is 2. The average Bonchev–Trinajstić information content (AvgIpc) is 2.63. The molecule has 162 valence electrons. The van der Waals surface area contributed by atoms with Crippen molar-refractivity contribution in [3.8, 4) is 0 Å². The Labute approximate surface area is 174 Å². The molecule has 2 aromatic carbocycles.